The molecule has 120 valence electrons. The van der Waals surface area contributed by atoms with Gasteiger partial charge in [0.2, 0.25) is 0 Å². The van der Waals surface area contributed by atoms with Crippen LogP contribution in [0.1, 0.15) is 9.67 Å². The van der Waals surface area contributed by atoms with Gasteiger partial charge >= 0.3 is 11.0 Å². The molecular formula is C13H8F2N2O5S. The van der Waals surface area contributed by atoms with E-state index in [0.29, 0.717) is 11.3 Å². The Hall–Kier alpha value is -2.88. The van der Waals surface area contributed by atoms with Crippen LogP contribution in [0.15, 0.2) is 30.3 Å². The number of nitrogens with zero attached hydrogens (tertiary/aromatic N) is 1. The second-order valence-corrected chi connectivity index (χ2v) is 5.21. The molecule has 0 bridgehead atoms. The van der Waals surface area contributed by atoms with Crippen molar-refractivity contribution < 1.29 is 28.0 Å². The summed E-state index contributed by atoms with van der Waals surface area (Å²) in [6.07, 6.45) is 0. The first-order chi connectivity index (χ1) is 10.9. The highest BCUT2D eigenvalue weighted by molar-refractivity contribution is 7.17. The van der Waals surface area contributed by atoms with Gasteiger partial charge in [0, 0.05) is 12.1 Å². The molecule has 0 atom stereocenters. The van der Waals surface area contributed by atoms with E-state index >= 15 is 0 Å². The maximum Gasteiger partial charge on any atom is 0.349 e. The third-order valence-corrected chi connectivity index (χ3v) is 3.53. The minimum absolute atomic E-state index is 0.0542. The van der Waals surface area contributed by atoms with Crippen LogP contribution in [-0.4, -0.2) is 23.4 Å². The highest BCUT2D eigenvalue weighted by Gasteiger charge is 2.17. The number of nitro groups is 1. The lowest BCUT2D eigenvalue weighted by Crippen LogP contribution is -2.21. The van der Waals surface area contributed by atoms with E-state index in [1.807, 2.05) is 5.32 Å². The summed E-state index contributed by atoms with van der Waals surface area (Å²) in [4.78, 5) is 32.9. The molecule has 0 spiro atoms. The summed E-state index contributed by atoms with van der Waals surface area (Å²) in [7, 11) is 0. The van der Waals surface area contributed by atoms with Gasteiger partial charge < -0.3 is 10.1 Å². The van der Waals surface area contributed by atoms with Crippen molar-refractivity contribution in [2.75, 3.05) is 11.9 Å². The van der Waals surface area contributed by atoms with Crippen LogP contribution < -0.4 is 5.32 Å². The Labute approximate surface area is 131 Å². The average molecular weight is 342 g/mol. The van der Waals surface area contributed by atoms with Gasteiger partial charge in [0.15, 0.2) is 6.61 Å². The SMILES string of the molecule is O=C(COC(=O)c1ccc([N+](=O)[O-])s1)Nc1cc(F)ccc1F. The van der Waals surface area contributed by atoms with Gasteiger partial charge in [-0.15, -0.1) is 0 Å². The molecule has 0 unspecified atom stereocenters. The molecule has 1 aromatic heterocycles. The summed E-state index contributed by atoms with van der Waals surface area (Å²) >= 11 is 0.594. The molecule has 1 amide bonds. The lowest BCUT2D eigenvalue weighted by molar-refractivity contribution is -0.380. The standard InChI is InChI=1S/C13H8F2N2O5S/c14-7-1-2-8(15)9(5-7)16-11(18)6-22-13(19)10-3-4-12(23-10)17(20)21/h1-5H,6H2,(H,16,18). The number of ether oxygens (including phenoxy) is 1. The summed E-state index contributed by atoms with van der Waals surface area (Å²) in [5, 5.41) is 12.3. The lowest BCUT2D eigenvalue weighted by atomic mass is 10.3. The number of anilines is 1. The molecule has 0 saturated carbocycles. The molecule has 23 heavy (non-hydrogen) atoms. The van der Waals surface area contributed by atoms with E-state index in [4.69, 9.17) is 0 Å². The van der Waals surface area contributed by atoms with Crippen LogP contribution in [0.4, 0.5) is 19.5 Å². The number of carbonyl (C=O) groups is 2. The second kappa shape index (κ2) is 6.92. The molecule has 1 N–H and O–H groups in total. The first-order valence-electron chi connectivity index (χ1n) is 6.03. The Balaban J connectivity index is 1.92. The molecule has 0 aliphatic rings. The number of rotatable bonds is 5. The molecule has 0 aliphatic heterocycles. The van der Waals surface area contributed by atoms with Gasteiger partial charge in [-0.1, -0.05) is 11.3 Å². The van der Waals surface area contributed by atoms with Gasteiger partial charge in [0.05, 0.1) is 10.6 Å². The van der Waals surface area contributed by atoms with Gasteiger partial charge in [-0.05, 0) is 18.2 Å². The molecule has 7 nitrogen and oxygen atoms in total. The smallest absolute Gasteiger partial charge is 0.349 e. The van der Waals surface area contributed by atoms with Crippen molar-refractivity contribution in [3.05, 3.63) is 57.0 Å². The normalized spacial score (nSPS) is 10.2. The molecule has 1 heterocycles. The monoisotopic (exact) mass is 342 g/mol. The molecule has 1 aromatic carbocycles. The quantitative estimate of drug-likeness (QED) is 0.512. The van der Waals surface area contributed by atoms with E-state index in [-0.39, 0.29) is 9.88 Å². The van der Waals surface area contributed by atoms with Crippen molar-refractivity contribution in [3.63, 3.8) is 0 Å². The van der Waals surface area contributed by atoms with Crippen molar-refractivity contribution in [1.29, 1.82) is 0 Å². The Morgan fingerprint density at radius 1 is 1.26 bits per heavy atom. The summed E-state index contributed by atoms with van der Waals surface area (Å²) in [5.41, 5.74) is -0.391. The third kappa shape index (κ3) is 4.30. The van der Waals surface area contributed by atoms with E-state index in [0.717, 1.165) is 24.3 Å². The minimum atomic E-state index is -0.932. The maximum absolute atomic E-state index is 13.3. The highest BCUT2D eigenvalue weighted by Crippen LogP contribution is 2.24. The first kappa shape index (κ1) is 16.5. The van der Waals surface area contributed by atoms with E-state index in [1.54, 1.807) is 0 Å². The predicted octanol–water partition coefficient (Wildman–Crippen LogP) is 2.73. The molecule has 10 heteroatoms. The van der Waals surface area contributed by atoms with Crippen LogP contribution in [0, 0.1) is 21.7 Å². The fraction of sp³-hybridized carbons (Fsp3) is 0.0769. The number of hydrogen-bond acceptors (Lipinski definition) is 6. The van der Waals surface area contributed by atoms with Gasteiger partial charge in [0.1, 0.15) is 16.5 Å². The van der Waals surface area contributed by atoms with Gasteiger partial charge in [0.25, 0.3) is 5.91 Å². The number of amides is 1. The number of carbonyl (C=O) groups excluding carboxylic acids is 2. The molecule has 2 rings (SSSR count). The van der Waals surface area contributed by atoms with Crippen LogP contribution in [0.5, 0.6) is 0 Å². The van der Waals surface area contributed by atoms with Crippen LogP contribution in [0.2, 0.25) is 0 Å². The zero-order chi connectivity index (χ0) is 17.0. The Bertz CT molecular complexity index is 777. The zero-order valence-corrected chi connectivity index (χ0v) is 12.1. The van der Waals surface area contributed by atoms with E-state index in [1.165, 1.54) is 6.07 Å². The summed E-state index contributed by atoms with van der Waals surface area (Å²) in [6, 6.07) is 4.81. The minimum Gasteiger partial charge on any atom is -0.451 e. The largest absolute Gasteiger partial charge is 0.451 e. The number of halogens is 2. The second-order valence-electron chi connectivity index (χ2n) is 4.14. The predicted molar refractivity (Wildman–Crippen MR) is 76.2 cm³/mol. The topological polar surface area (TPSA) is 98.5 Å². The average Bonchev–Trinajstić information content (AvgIpc) is 2.99. The molecule has 2 aromatic rings. The Kier molecular flexibility index (Phi) is 4.96. The first-order valence-corrected chi connectivity index (χ1v) is 6.84. The highest BCUT2D eigenvalue weighted by atomic mass is 32.1. The fourth-order valence-corrected chi connectivity index (χ4v) is 2.23. The zero-order valence-electron chi connectivity index (χ0n) is 11.2. The molecule has 0 fully saturated rings. The molecular weight excluding hydrogens is 334 g/mol. The van der Waals surface area contributed by atoms with E-state index < -0.39 is 40.7 Å². The van der Waals surface area contributed by atoms with Crippen LogP contribution in [0.3, 0.4) is 0 Å². The van der Waals surface area contributed by atoms with Crippen molar-refractivity contribution >= 4 is 33.9 Å². The Morgan fingerprint density at radius 2 is 2.00 bits per heavy atom. The van der Waals surface area contributed by atoms with Crippen LogP contribution in [0.25, 0.3) is 0 Å². The summed E-state index contributed by atoms with van der Waals surface area (Å²) in [5.74, 6) is -3.41. The van der Waals surface area contributed by atoms with Crippen molar-refractivity contribution in [2.24, 2.45) is 0 Å². The van der Waals surface area contributed by atoms with Crippen molar-refractivity contribution in [2.45, 2.75) is 0 Å². The van der Waals surface area contributed by atoms with Crippen LogP contribution >= 0.6 is 11.3 Å². The van der Waals surface area contributed by atoms with Gasteiger partial charge in [-0.2, -0.15) is 0 Å². The number of benzene rings is 1. The molecule has 0 radical (unpaired) electrons. The number of hydrogen-bond donors (Lipinski definition) is 1. The van der Waals surface area contributed by atoms with Gasteiger partial charge in [-0.25, -0.2) is 13.6 Å². The maximum atomic E-state index is 13.3. The summed E-state index contributed by atoms with van der Waals surface area (Å²) in [6.45, 7) is -0.750. The number of thiophene rings is 1. The molecule has 0 aliphatic carbocycles. The van der Waals surface area contributed by atoms with Crippen molar-refractivity contribution in [1.82, 2.24) is 0 Å². The lowest BCUT2D eigenvalue weighted by Gasteiger charge is -2.06. The Morgan fingerprint density at radius 3 is 2.65 bits per heavy atom. The van der Waals surface area contributed by atoms with E-state index in [2.05, 4.69) is 4.74 Å². The summed E-state index contributed by atoms with van der Waals surface area (Å²) < 4.78 is 30.9. The van der Waals surface area contributed by atoms with Crippen LogP contribution in [-0.2, 0) is 9.53 Å². The van der Waals surface area contributed by atoms with E-state index in [9.17, 15) is 28.5 Å². The van der Waals surface area contributed by atoms with Gasteiger partial charge in [-0.3, -0.25) is 14.9 Å². The van der Waals surface area contributed by atoms with Crippen molar-refractivity contribution in [3.8, 4) is 0 Å². The number of esters is 1. The third-order valence-electron chi connectivity index (χ3n) is 2.51. The number of nitrogens with one attached hydrogen (secondary N) is 1. The fourth-order valence-electron chi connectivity index (χ4n) is 1.52. The molecule has 0 saturated heterocycles.